The number of aliphatic hydroxyl groups is 7. The van der Waals surface area contributed by atoms with Crippen LogP contribution in [-0.2, 0) is 66.4 Å². The Morgan fingerprint density at radius 1 is 0.721 bits per heavy atom. The molecule has 0 bridgehead atoms. The molecule has 9 rings (SSSR count). The minimum absolute atomic E-state index is 0.0597. The molecule has 0 spiro atoms. The Balaban J connectivity index is 0.776. The molecule has 7 N–H and O–H groups in total. The predicted octanol–water partition coefficient (Wildman–Crippen LogP) is 0.00440. The molecule has 7 aliphatic heterocycles. The average Bonchev–Trinajstić information content (AvgIpc) is 3.80. The fourth-order valence-electron chi connectivity index (χ4n) is 12.7. The van der Waals surface area contributed by atoms with Crippen LogP contribution in [0.5, 0.6) is 0 Å². The van der Waals surface area contributed by atoms with Gasteiger partial charge in [0.15, 0.2) is 31.5 Å². The van der Waals surface area contributed by atoms with E-state index in [1.165, 1.54) is 14.2 Å². The van der Waals surface area contributed by atoms with E-state index in [4.69, 9.17) is 61.6 Å². The van der Waals surface area contributed by atoms with Crippen LogP contribution in [-0.4, -0.2) is 198 Å². The van der Waals surface area contributed by atoms with Crippen LogP contribution < -0.4 is 0 Å². The Hall–Kier alpha value is -1.97. The second-order valence-electron chi connectivity index (χ2n) is 20.8. The van der Waals surface area contributed by atoms with E-state index >= 15 is 0 Å². The van der Waals surface area contributed by atoms with Gasteiger partial charge in [0, 0.05) is 46.3 Å². The van der Waals surface area contributed by atoms with E-state index in [0.717, 1.165) is 11.1 Å². The summed E-state index contributed by atoms with van der Waals surface area (Å²) in [6.45, 7) is 8.92. The van der Waals surface area contributed by atoms with Crippen LogP contribution >= 0.6 is 0 Å². The number of aliphatic hydroxyl groups excluding tert-OH is 7. The van der Waals surface area contributed by atoms with Crippen molar-refractivity contribution in [1.29, 1.82) is 0 Å². The quantitative estimate of drug-likeness (QED) is 0.106. The number of carbonyl (C=O) groups is 1. The maximum Gasteiger partial charge on any atom is 0.310 e. The molecular formula is C47H72O21. The highest BCUT2D eigenvalue weighted by Gasteiger charge is 2.61. The second kappa shape index (κ2) is 20.1. The fourth-order valence-corrected chi connectivity index (χ4v) is 12.7. The smallest absolute Gasteiger partial charge is 0.310 e. The maximum atomic E-state index is 13.8. The summed E-state index contributed by atoms with van der Waals surface area (Å²) in [5.41, 5.74) is 1.15. The predicted molar refractivity (Wildman–Crippen MR) is 228 cm³/mol. The first kappa shape index (κ1) is 51.0. The SMILES string of the molecule is COC1CC(OC2C(O)CC(OC3C(C)CC(OC4CC5=CCC6C(=O)OC7COC8(C)OC=C(CC(O)C6C5(C)CC4O)C78)OC3OC)OC2C)OC(C)C1OC1OC(CO)C(O)C(O)C1O. The molecule has 0 amide bonds. The van der Waals surface area contributed by atoms with Crippen molar-refractivity contribution in [2.45, 2.75) is 208 Å². The van der Waals surface area contributed by atoms with Gasteiger partial charge in [-0.05, 0) is 56.4 Å². The average molecular weight is 973 g/mol. The summed E-state index contributed by atoms with van der Waals surface area (Å²) in [7, 11) is 2.98. The summed E-state index contributed by atoms with van der Waals surface area (Å²) in [6, 6.07) is 0. The Labute approximate surface area is 395 Å². The van der Waals surface area contributed by atoms with Gasteiger partial charge in [0.25, 0.3) is 0 Å². The van der Waals surface area contributed by atoms with Gasteiger partial charge in [0.05, 0.1) is 74.0 Å². The standard InChI is InChI=1S/C47H72O21/c1-19-10-32(62-28-12-23-8-9-24-36(46(23,4)15-27(28)51)25(49)11-22-17-58-47(5)35(22)31(18-59-47)63-43(24)55)67-45(57-7)40(19)65-33-13-26(50)41(20(2)60-33)66-34-14-29(56-6)42(21(3)61-34)68-44-39(54)38(53)37(52)30(16-48)64-44/h8,17,19-21,24-42,44-45,48-54H,9-16,18H2,1-7H3. The van der Waals surface area contributed by atoms with Crippen LogP contribution in [0.4, 0.5) is 0 Å². The van der Waals surface area contributed by atoms with Gasteiger partial charge in [0.2, 0.25) is 5.79 Å². The summed E-state index contributed by atoms with van der Waals surface area (Å²) in [4.78, 5) is 13.8. The number of fused-ring (bicyclic) bond motifs is 3. The molecule has 21 heteroatoms. The minimum Gasteiger partial charge on any atom is -0.469 e. The number of allylic oxidation sites excluding steroid dienone is 1. The van der Waals surface area contributed by atoms with Crippen molar-refractivity contribution in [1.82, 2.24) is 0 Å². The summed E-state index contributed by atoms with van der Waals surface area (Å²) in [6.07, 6.45) is -13.2. The molecule has 0 aromatic heterocycles. The molecule has 68 heavy (non-hydrogen) atoms. The van der Waals surface area contributed by atoms with Crippen LogP contribution in [0.15, 0.2) is 23.5 Å². The third-order valence-electron chi connectivity index (χ3n) is 16.3. The highest BCUT2D eigenvalue weighted by molar-refractivity contribution is 5.74. The van der Waals surface area contributed by atoms with Crippen LogP contribution in [0.3, 0.4) is 0 Å². The summed E-state index contributed by atoms with van der Waals surface area (Å²) >= 11 is 0. The van der Waals surface area contributed by atoms with E-state index < -0.39 is 153 Å². The molecule has 9 aliphatic rings. The first-order chi connectivity index (χ1) is 32.4. The van der Waals surface area contributed by atoms with E-state index in [9.17, 15) is 40.5 Å². The van der Waals surface area contributed by atoms with E-state index in [1.54, 1.807) is 20.1 Å². The number of hydrogen-bond acceptors (Lipinski definition) is 21. The first-order valence-electron chi connectivity index (χ1n) is 24.2. The monoisotopic (exact) mass is 972 g/mol. The van der Waals surface area contributed by atoms with E-state index in [2.05, 4.69) is 6.08 Å². The van der Waals surface area contributed by atoms with Crippen molar-refractivity contribution in [2.75, 3.05) is 27.4 Å². The maximum absolute atomic E-state index is 13.8. The zero-order valence-electron chi connectivity index (χ0n) is 39.7. The summed E-state index contributed by atoms with van der Waals surface area (Å²) < 4.78 is 79.0. The Bertz CT molecular complexity index is 1820. The van der Waals surface area contributed by atoms with Gasteiger partial charge in [-0.2, -0.15) is 0 Å². The lowest BCUT2D eigenvalue weighted by Crippen LogP contribution is -2.62. The van der Waals surface area contributed by atoms with Crippen LogP contribution in [0, 0.1) is 29.1 Å². The number of esters is 1. The molecule has 26 atom stereocenters. The highest BCUT2D eigenvalue weighted by Crippen LogP contribution is 2.57. The molecule has 2 aliphatic carbocycles. The third kappa shape index (κ3) is 9.45. The summed E-state index contributed by atoms with van der Waals surface area (Å²) in [5, 5.41) is 75.7. The van der Waals surface area contributed by atoms with Gasteiger partial charge < -0.3 is 97.3 Å². The van der Waals surface area contributed by atoms with Gasteiger partial charge in [0.1, 0.15) is 48.8 Å². The largest absolute Gasteiger partial charge is 0.469 e. The molecule has 386 valence electrons. The molecule has 7 heterocycles. The fraction of sp³-hybridized carbons (Fsp3) is 0.894. The molecule has 7 fully saturated rings. The number of ether oxygens (including phenoxy) is 13. The van der Waals surface area contributed by atoms with E-state index in [0.29, 0.717) is 25.7 Å². The number of methoxy groups -OCH3 is 2. The van der Waals surface area contributed by atoms with Crippen molar-refractivity contribution in [3.8, 4) is 0 Å². The van der Waals surface area contributed by atoms with Gasteiger partial charge in [-0.15, -0.1) is 0 Å². The molecule has 1 saturated carbocycles. The van der Waals surface area contributed by atoms with E-state index in [1.807, 2.05) is 20.8 Å². The van der Waals surface area contributed by atoms with Gasteiger partial charge >= 0.3 is 5.97 Å². The van der Waals surface area contributed by atoms with Crippen molar-refractivity contribution in [3.05, 3.63) is 23.5 Å². The second-order valence-corrected chi connectivity index (χ2v) is 20.8. The molecule has 26 unspecified atom stereocenters. The number of carbonyl (C=O) groups excluding carboxylic acids is 1. The van der Waals surface area contributed by atoms with E-state index in [-0.39, 0.29) is 43.7 Å². The van der Waals surface area contributed by atoms with Crippen molar-refractivity contribution >= 4 is 5.97 Å². The molecule has 0 radical (unpaired) electrons. The normalized spacial score (nSPS) is 52.8. The molecule has 0 aromatic rings. The van der Waals surface area contributed by atoms with Crippen molar-refractivity contribution in [2.24, 2.45) is 29.1 Å². The first-order valence-corrected chi connectivity index (χ1v) is 24.2. The number of hydrogen-bond donors (Lipinski definition) is 7. The lowest BCUT2D eigenvalue weighted by atomic mass is 9.54. The minimum atomic E-state index is -1.61. The summed E-state index contributed by atoms with van der Waals surface area (Å²) in [5.74, 6) is -2.91. The van der Waals surface area contributed by atoms with Gasteiger partial charge in [-0.1, -0.05) is 25.5 Å². The highest BCUT2D eigenvalue weighted by atomic mass is 16.8. The van der Waals surface area contributed by atoms with Crippen molar-refractivity contribution < 1.29 is 102 Å². The Kier molecular flexibility index (Phi) is 15.1. The van der Waals surface area contributed by atoms with Gasteiger partial charge in [-0.25, -0.2) is 0 Å². The number of rotatable bonds is 11. The third-order valence-corrected chi connectivity index (χ3v) is 16.3. The van der Waals surface area contributed by atoms with Crippen LogP contribution in [0.2, 0.25) is 0 Å². The molecule has 21 nitrogen and oxygen atoms in total. The zero-order chi connectivity index (χ0) is 48.6. The lowest BCUT2D eigenvalue weighted by molar-refractivity contribution is -0.365. The Morgan fingerprint density at radius 2 is 1.43 bits per heavy atom. The molecule has 6 saturated heterocycles. The Morgan fingerprint density at radius 3 is 2.13 bits per heavy atom. The van der Waals surface area contributed by atoms with Crippen LogP contribution in [0.25, 0.3) is 0 Å². The molecule has 0 aromatic carbocycles. The lowest BCUT2D eigenvalue weighted by Gasteiger charge is -2.53. The zero-order valence-corrected chi connectivity index (χ0v) is 39.7. The van der Waals surface area contributed by atoms with Gasteiger partial charge in [-0.3, -0.25) is 4.79 Å². The molecular weight excluding hydrogens is 900 g/mol. The topological polar surface area (TPSA) is 279 Å². The van der Waals surface area contributed by atoms with Crippen LogP contribution in [0.1, 0.15) is 79.6 Å². The van der Waals surface area contributed by atoms with Crippen molar-refractivity contribution in [3.63, 3.8) is 0 Å².